The largest absolute Gasteiger partial charge is 0.353 e. The van der Waals surface area contributed by atoms with Gasteiger partial charge in [-0.15, -0.1) is 5.10 Å². The number of carbonyl (C=O) groups excluding carboxylic acids is 1. The molecule has 1 aromatic heterocycles. The fourth-order valence-corrected chi connectivity index (χ4v) is 2.88. The summed E-state index contributed by atoms with van der Waals surface area (Å²) in [6.07, 6.45) is 1.93. The van der Waals surface area contributed by atoms with Crippen molar-refractivity contribution in [3.8, 4) is 5.69 Å². The zero-order valence-corrected chi connectivity index (χ0v) is 14.2. The summed E-state index contributed by atoms with van der Waals surface area (Å²) < 4.78 is 1.78. The number of aromatic nitrogens is 4. The third-order valence-electron chi connectivity index (χ3n) is 4.36. The number of benzene rings is 1. The van der Waals surface area contributed by atoms with Crippen LogP contribution < -0.4 is 5.32 Å². The molecule has 2 heterocycles. The van der Waals surface area contributed by atoms with Crippen LogP contribution in [0.15, 0.2) is 30.3 Å². The number of para-hydroxylation sites is 1. The Morgan fingerprint density at radius 3 is 2.62 bits per heavy atom. The second-order valence-electron chi connectivity index (χ2n) is 6.56. The van der Waals surface area contributed by atoms with E-state index in [0.717, 1.165) is 37.4 Å². The number of tetrazole rings is 1. The molecule has 0 spiro atoms. The van der Waals surface area contributed by atoms with Gasteiger partial charge in [-0.2, -0.15) is 4.68 Å². The lowest BCUT2D eigenvalue weighted by molar-refractivity contribution is -0.125. The first kappa shape index (κ1) is 16.6. The topological polar surface area (TPSA) is 75.9 Å². The summed E-state index contributed by atoms with van der Waals surface area (Å²) in [6, 6.07) is 10.2. The highest BCUT2D eigenvalue weighted by molar-refractivity contribution is 5.78. The van der Waals surface area contributed by atoms with E-state index >= 15 is 0 Å². The summed E-state index contributed by atoms with van der Waals surface area (Å²) >= 11 is 0. The van der Waals surface area contributed by atoms with Crippen molar-refractivity contribution in [2.45, 2.75) is 39.3 Å². The lowest BCUT2D eigenvalue weighted by Crippen LogP contribution is -2.45. The maximum Gasteiger partial charge on any atom is 0.222 e. The number of nitrogens with zero attached hydrogens (tertiary/aromatic N) is 5. The third-order valence-corrected chi connectivity index (χ3v) is 4.36. The first-order chi connectivity index (χ1) is 11.6. The van der Waals surface area contributed by atoms with Crippen molar-refractivity contribution in [1.29, 1.82) is 0 Å². The minimum Gasteiger partial charge on any atom is -0.353 e. The van der Waals surface area contributed by atoms with E-state index in [9.17, 15) is 4.79 Å². The van der Waals surface area contributed by atoms with Gasteiger partial charge < -0.3 is 5.32 Å². The molecule has 0 atom stereocenters. The summed E-state index contributed by atoms with van der Waals surface area (Å²) in [5, 5.41) is 15.2. The monoisotopic (exact) mass is 328 g/mol. The number of likely N-dealkylation sites (tertiary alicyclic amines) is 1. The Labute approximate surface area is 142 Å². The lowest BCUT2D eigenvalue weighted by Gasteiger charge is -2.32. The van der Waals surface area contributed by atoms with Gasteiger partial charge in [-0.3, -0.25) is 9.69 Å². The fourth-order valence-electron chi connectivity index (χ4n) is 2.88. The molecular weight excluding hydrogens is 304 g/mol. The van der Waals surface area contributed by atoms with Gasteiger partial charge in [-0.05, 0) is 35.4 Å². The average Bonchev–Trinajstić information content (AvgIpc) is 3.05. The Morgan fingerprint density at radius 2 is 1.96 bits per heavy atom. The first-order valence-electron chi connectivity index (χ1n) is 8.49. The van der Waals surface area contributed by atoms with E-state index in [2.05, 4.69) is 25.7 Å². The minimum atomic E-state index is 0.0403. The molecule has 7 heteroatoms. The van der Waals surface area contributed by atoms with Crippen LogP contribution in [-0.2, 0) is 11.3 Å². The van der Waals surface area contributed by atoms with E-state index in [1.807, 2.05) is 44.2 Å². The molecule has 3 rings (SSSR count). The molecule has 7 nitrogen and oxygen atoms in total. The highest BCUT2D eigenvalue weighted by atomic mass is 16.1. The highest BCUT2D eigenvalue weighted by Crippen LogP contribution is 2.15. The van der Waals surface area contributed by atoms with Gasteiger partial charge in [0.15, 0.2) is 5.82 Å². The predicted octanol–water partition coefficient (Wildman–Crippen LogP) is 1.40. The molecule has 1 aliphatic heterocycles. The van der Waals surface area contributed by atoms with Crippen LogP contribution in [0.1, 0.15) is 32.5 Å². The molecule has 0 saturated carbocycles. The van der Waals surface area contributed by atoms with Gasteiger partial charge in [0.05, 0.1) is 12.2 Å². The summed E-state index contributed by atoms with van der Waals surface area (Å²) in [5.74, 6) is 1.02. The van der Waals surface area contributed by atoms with Crippen LogP contribution in [0.25, 0.3) is 5.69 Å². The molecular formula is C17H24N6O. The van der Waals surface area contributed by atoms with Crippen molar-refractivity contribution in [3.05, 3.63) is 36.2 Å². The van der Waals surface area contributed by atoms with E-state index < -0.39 is 0 Å². The summed E-state index contributed by atoms with van der Waals surface area (Å²) in [7, 11) is 0. The Bertz CT molecular complexity index is 661. The standard InChI is InChI=1S/C17H24N6O/c1-13(2)17(24)18-14-8-10-22(11-9-14)12-16-19-20-21-23(16)15-6-4-3-5-7-15/h3-7,13-14H,8-12H2,1-2H3,(H,18,24). The normalized spacial score (nSPS) is 16.5. The molecule has 1 aromatic carbocycles. The summed E-state index contributed by atoms with van der Waals surface area (Å²) in [6.45, 7) is 6.43. The first-order valence-corrected chi connectivity index (χ1v) is 8.49. The van der Waals surface area contributed by atoms with E-state index in [-0.39, 0.29) is 17.9 Å². The molecule has 128 valence electrons. The molecule has 1 fully saturated rings. The second kappa shape index (κ2) is 7.53. The van der Waals surface area contributed by atoms with E-state index in [1.165, 1.54) is 0 Å². The van der Waals surface area contributed by atoms with Crippen LogP contribution in [0, 0.1) is 5.92 Å². The van der Waals surface area contributed by atoms with Crippen molar-refractivity contribution in [2.75, 3.05) is 13.1 Å². The molecule has 0 radical (unpaired) electrons. The molecule has 1 amide bonds. The van der Waals surface area contributed by atoms with E-state index in [0.29, 0.717) is 6.54 Å². The maximum atomic E-state index is 11.8. The van der Waals surface area contributed by atoms with Crippen LogP contribution in [0.5, 0.6) is 0 Å². The Balaban J connectivity index is 1.56. The Kier molecular flexibility index (Phi) is 5.20. The van der Waals surface area contributed by atoms with Crippen molar-refractivity contribution in [1.82, 2.24) is 30.4 Å². The van der Waals surface area contributed by atoms with Crippen molar-refractivity contribution < 1.29 is 4.79 Å². The zero-order valence-electron chi connectivity index (χ0n) is 14.2. The van der Waals surface area contributed by atoms with Gasteiger partial charge >= 0.3 is 0 Å². The number of hydrogen-bond donors (Lipinski definition) is 1. The van der Waals surface area contributed by atoms with Crippen molar-refractivity contribution in [3.63, 3.8) is 0 Å². The molecule has 0 bridgehead atoms. The molecule has 2 aromatic rings. The van der Waals surface area contributed by atoms with Crippen LogP contribution >= 0.6 is 0 Å². The van der Waals surface area contributed by atoms with Crippen molar-refractivity contribution in [2.24, 2.45) is 5.92 Å². The minimum absolute atomic E-state index is 0.0403. The number of carbonyl (C=O) groups is 1. The lowest BCUT2D eigenvalue weighted by atomic mass is 10.0. The Hall–Kier alpha value is -2.28. The zero-order chi connectivity index (χ0) is 16.9. The summed E-state index contributed by atoms with van der Waals surface area (Å²) in [5.41, 5.74) is 0.969. The molecule has 0 aliphatic carbocycles. The maximum absolute atomic E-state index is 11.8. The van der Waals surface area contributed by atoms with Crippen LogP contribution in [0.3, 0.4) is 0 Å². The van der Waals surface area contributed by atoms with Gasteiger partial charge in [0.2, 0.25) is 5.91 Å². The molecule has 0 unspecified atom stereocenters. The van der Waals surface area contributed by atoms with Crippen LogP contribution in [-0.4, -0.2) is 50.1 Å². The number of piperidine rings is 1. The quantitative estimate of drug-likeness (QED) is 0.898. The van der Waals surface area contributed by atoms with Crippen LogP contribution in [0.2, 0.25) is 0 Å². The molecule has 24 heavy (non-hydrogen) atoms. The van der Waals surface area contributed by atoms with Gasteiger partial charge in [-0.1, -0.05) is 32.0 Å². The fraction of sp³-hybridized carbons (Fsp3) is 0.529. The van der Waals surface area contributed by atoms with Gasteiger partial charge in [-0.25, -0.2) is 0 Å². The van der Waals surface area contributed by atoms with Crippen LogP contribution in [0.4, 0.5) is 0 Å². The van der Waals surface area contributed by atoms with E-state index in [4.69, 9.17) is 0 Å². The Morgan fingerprint density at radius 1 is 1.25 bits per heavy atom. The molecule has 1 N–H and O–H groups in total. The van der Waals surface area contributed by atoms with Crippen molar-refractivity contribution >= 4 is 5.91 Å². The average molecular weight is 328 g/mol. The van der Waals surface area contributed by atoms with Gasteiger partial charge in [0, 0.05) is 25.0 Å². The van der Waals surface area contributed by atoms with Gasteiger partial charge in [0.1, 0.15) is 0 Å². The molecule has 1 aliphatic rings. The highest BCUT2D eigenvalue weighted by Gasteiger charge is 2.23. The van der Waals surface area contributed by atoms with Gasteiger partial charge in [0.25, 0.3) is 0 Å². The van der Waals surface area contributed by atoms with E-state index in [1.54, 1.807) is 4.68 Å². The second-order valence-corrected chi connectivity index (χ2v) is 6.56. The molecule has 1 saturated heterocycles. The smallest absolute Gasteiger partial charge is 0.222 e. The third kappa shape index (κ3) is 3.97. The number of rotatable bonds is 5. The SMILES string of the molecule is CC(C)C(=O)NC1CCN(Cc2nnnn2-c2ccccc2)CC1. The summed E-state index contributed by atoms with van der Waals surface area (Å²) in [4.78, 5) is 14.1. The number of amides is 1. The number of hydrogen-bond acceptors (Lipinski definition) is 5. The predicted molar refractivity (Wildman–Crippen MR) is 90.4 cm³/mol. The number of nitrogens with one attached hydrogen (secondary N) is 1.